The quantitative estimate of drug-likeness (QED) is 0.0576. The van der Waals surface area contributed by atoms with E-state index in [0.29, 0.717) is 21.8 Å². The minimum absolute atomic E-state index is 0.147. The van der Waals surface area contributed by atoms with Crippen LogP contribution in [0.25, 0.3) is 10.4 Å². The van der Waals surface area contributed by atoms with Gasteiger partial charge in [-0.25, -0.2) is 8.78 Å². The van der Waals surface area contributed by atoms with Crippen LogP contribution >= 0.6 is 11.6 Å². The van der Waals surface area contributed by atoms with E-state index in [1.165, 1.54) is 6.07 Å². The van der Waals surface area contributed by atoms with Gasteiger partial charge in [-0.2, -0.15) is 18.3 Å². The highest BCUT2D eigenvalue weighted by Crippen LogP contribution is 2.39. The third-order valence-electron chi connectivity index (χ3n) is 7.17. The largest absolute Gasteiger partial charge is 0.466 e. The zero-order valence-electron chi connectivity index (χ0n) is 23.6. The van der Waals surface area contributed by atoms with Gasteiger partial charge in [-0.15, -0.1) is 0 Å². The Hall–Kier alpha value is -4.56. The monoisotopic (exact) mass is 653 g/mol. The van der Waals surface area contributed by atoms with Crippen LogP contribution < -0.4 is 0 Å². The molecule has 0 unspecified atom stereocenters. The molecule has 1 saturated carbocycles. The highest BCUT2D eigenvalue weighted by molar-refractivity contribution is 6.34. The molecule has 4 rings (SSSR count). The van der Waals surface area contributed by atoms with E-state index in [1.807, 2.05) is 0 Å². The van der Waals surface area contributed by atoms with E-state index in [2.05, 4.69) is 20.1 Å². The maximum atomic E-state index is 14.5. The molecule has 0 aliphatic heterocycles. The average molecular weight is 654 g/mol. The van der Waals surface area contributed by atoms with Gasteiger partial charge in [-0.1, -0.05) is 11.6 Å². The fraction of sp³-hybridized carbons (Fsp3) is 0.393. The number of aromatic nitrogens is 3. The highest BCUT2D eigenvalue weighted by Gasteiger charge is 2.43. The number of hydrogen-bond donors (Lipinski definition) is 0. The summed E-state index contributed by atoms with van der Waals surface area (Å²) in [5, 5.41) is 6.97. The van der Waals surface area contributed by atoms with Gasteiger partial charge in [0, 0.05) is 23.7 Å². The molecular weight excluding hydrogens is 629 g/mol. The zero-order valence-corrected chi connectivity index (χ0v) is 24.4. The van der Waals surface area contributed by atoms with Crippen LogP contribution in [0.4, 0.5) is 27.8 Å². The lowest BCUT2D eigenvalue weighted by atomic mass is 9.86. The lowest BCUT2D eigenvalue weighted by Gasteiger charge is -2.29. The molecule has 0 N–H and O–H groups in total. The molecule has 0 spiro atoms. The normalized spacial score (nSPS) is 16.5. The van der Waals surface area contributed by atoms with Crippen LogP contribution in [0.1, 0.15) is 70.6 Å². The summed E-state index contributed by atoms with van der Waals surface area (Å²) in [7, 11) is 0. The molecule has 0 saturated heterocycles. The van der Waals surface area contributed by atoms with Crippen molar-refractivity contribution in [2.45, 2.75) is 51.4 Å². The maximum Gasteiger partial charge on any atom is 0.433 e. The van der Waals surface area contributed by atoms with Crippen molar-refractivity contribution in [1.29, 1.82) is 0 Å². The number of carbonyl (C=O) groups excluding carboxylic acids is 3. The van der Waals surface area contributed by atoms with Crippen molar-refractivity contribution < 1.29 is 41.1 Å². The molecule has 1 fully saturated rings. The molecule has 17 heteroatoms. The second-order valence-corrected chi connectivity index (χ2v) is 10.6. The molecule has 1 aliphatic carbocycles. The number of ketones is 1. The minimum atomic E-state index is -5.08. The summed E-state index contributed by atoms with van der Waals surface area (Å²) >= 11 is 6.13. The first kappa shape index (κ1) is 33.3. The van der Waals surface area contributed by atoms with Gasteiger partial charge in [-0.3, -0.25) is 24.0 Å². The Labute approximate surface area is 257 Å². The van der Waals surface area contributed by atoms with Crippen molar-refractivity contribution in [3.05, 3.63) is 86.1 Å². The van der Waals surface area contributed by atoms with Crippen LogP contribution in [0.2, 0.25) is 5.02 Å². The van der Waals surface area contributed by atoms with Gasteiger partial charge < -0.3 is 9.64 Å². The SMILES string of the molecule is CCOC(=O)C1CCC(n2ncc(C(=O)N(CC(=O)c3c(Cl)ccnc3N=[N+]=[N-])Cc3cc(F)cc(F)c3)c2C(F)(F)F)CC1. The van der Waals surface area contributed by atoms with E-state index in [-0.39, 0.29) is 42.9 Å². The topological polar surface area (TPSA) is 143 Å². The van der Waals surface area contributed by atoms with E-state index < -0.39 is 83.2 Å². The molecule has 1 amide bonds. The zero-order chi connectivity index (χ0) is 32.9. The second kappa shape index (κ2) is 14.0. The van der Waals surface area contributed by atoms with Gasteiger partial charge in [0.1, 0.15) is 17.5 Å². The molecule has 2 heterocycles. The molecule has 2 aromatic heterocycles. The number of Topliss-reactive ketones (excluding diaryl/α,β-unsaturated/α-hetero) is 1. The third kappa shape index (κ3) is 7.75. The number of hydrogen-bond acceptors (Lipinski definition) is 7. The lowest BCUT2D eigenvalue weighted by Crippen LogP contribution is -2.37. The number of rotatable bonds is 10. The molecule has 1 aromatic carbocycles. The van der Waals surface area contributed by atoms with Gasteiger partial charge in [0.25, 0.3) is 5.91 Å². The number of pyridine rings is 1. The molecule has 11 nitrogen and oxygen atoms in total. The summed E-state index contributed by atoms with van der Waals surface area (Å²) in [6.07, 6.45) is -2.44. The predicted octanol–water partition coefficient (Wildman–Crippen LogP) is 6.99. The Morgan fingerprint density at radius 3 is 2.42 bits per heavy atom. The van der Waals surface area contributed by atoms with Gasteiger partial charge in [0.2, 0.25) is 0 Å². The molecule has 0 radical (unpaired) electrons. The van der Waals surface area contributed by atoms with Crippen molar-refractivity contribution in [2.24, 2.45) is 11.0 Å². The first-order chi connectivity index (χ1) is 21.3. The van der Waals surface area contributed by atoms with Gasteiger partial charge in [0.05, 0.1) is 47.5 Å². The number of esters is 1. The Bertz CT molecular complexity index is 1630. The van der Waals surface area contributed by atoms with Crippen molar-refractivity contribution in [3.63, 3.8) is 0 Å². The second-order valence-electron chi connectivity index (χ2n) is 10.1. The summed E-state index contributed by atoms with van der Waals surface area (Å²) in [5.74, 6) is -5.69. The molecule has 0 bridgehead atoms. The summed E-state index contributed by atoms with van der Waals surface area (Å²) in [5.41, 5.74) is 5.98. The third-order valence-corrected chi connectivity index (χ3v) is 7.49. The number of halogens is 6. The van der Waals surface area contributed by atoms with Crippen molar-refractivity contribution in [3.8, 4) is 0 Å². The van der Waals surface area contributed by atoms with Crippen molar-refractivity contribution >= 4 is 35.1 Å². The Kier molecular flexibility index (Phi) is 10.4. The number of amides is 1. The van der Waals surface area contributed by atoms with Crippen LogP contribution in [0.5, 0.6) is 0 Å². The van der Waals surface area contributed by atoms with Crippen molar-refractivity contribution in [1.82, 2.24) is 19.7 Å². The lowest BCUT2D eigenvalue weighted by molar-refractivity contribution is -0.151. The summed E-state index contributed by atoms with van der Waals surface area (Å²) in [6.45, 7) is 0.181. The first-order valence-corrected chi connectivity index (χ1v) is 14.0. The van der Waals surface area contributed by atoms with Crippen LogP contribution in [0, 0.1) is 17.6 Å². The number of benzene rings is 1. The highest BCUT2D eigenvalue weighted by atomic mass is 35.5. The molecule has 45 heavy (non-hydrogen) atoms. The smallest absolute Gasteiger partial charge is 0.433 e. The van der Waals surface area contributed by atoms with Crippen LogP contribution in [-0.4, -0.2) is 50.5 Å². The van der Waals surface area contributed by atoms with E-state index >= 15 is 0 Å². The Morgan fingerprint density at radius 2 is 1.82 bits per heavy atom. The van der Waals surface area contributed by atoms with Crippen LogP contribution in [-0.2, 0) is 22.3 Å². The van der Waals surface area contributed by atoms with E-state index in [1.54, 1.807) is 6.92 Å². The number of nitrogens with zero attached hydrogens (tertiary/aromatic N) is 7. The van der Waals surface area contributed by atoms with Crippen LogP contribution in [0.15, 0.2) is 41.8 Å². The fourth-order valence-electron chi connectivity index (χ4n) is 5.24. The molecule has 1 aliphatic rings. The van der Waals surface area contributed by atoms with Crippen molar-refractivity contribution in [2.75, 3.05) is 13.2 Å². The number of azide groups is 1. The van der Waals surface area contributed by atoms with E-state index in [9.17, 15) is 36.3 Å². The van der Waals surface area contributed by atoms with Gasteiger partial charge >= 0.3 is 12.1 Å². The molecule has 3 aromatic rings. The van der Waals surface area contributed by atoms with Gasteiger partial charge in [0.15, 0.2) is 11.5 Å². The first-order valence-electron chi connectivity index (χ1n) is 13.6. The van der Waals surface area contributed by atoms with E-state index in [4.69, 9.17) is 21.9 Å². The van der Waals surface area contributed by atoms with E-state index in [0.717, 1.165) is 18.3 Å². The summed E-state index contributed by atoms with van der Waals surface area (Å²) in [4.78, 5) is 46.3. The summed E-state index contributed by atoms with van der Waals surface area (Å²) in [6, 6.07) is 2.66. The molecule has 0 atom stereocenters. The van der Waals surface area contributed by atoms with Crippen LogP contribution in [0.3, 0.4) is 0 Å². The number of carbonyl (C=O) groups is 3. The summed E-state index contributed by atoms with van der Waals surface area (Å²) < 4.78 is 77.3. The number of alkyl halides is 3. The Morgan fingerprint density at radius 1 is 1.16 bits per heavy atom. The average Bonchev–Trinajstić information content (AvgIpc) is 3.43. The number of ether oxygens (including phenoxy) is 1. The molecule has 238 valence electrons. The fourth-order valence-corrected chi connectivity index (χ4v) is 5.49. The Balaban J connectivity index is 1.72. The standard InChI is InChI=1S/C28H25ClF5N7O4/c1-2-45-27(44)16-3-5-19(6-4-16)41-24(28(32,33)34)20(12-37-41)26(43)40(13-15-9-17(30)11-18(31)10-15)14-22(42)23-21(29)7-8-36-25(23)38-39-35/h7-12,16,19H,2-6,13-14H2,1H3. The maximum absolute atomic E-state index is 14.5. The van der Waals surface area contributed by atoms with Gasteiger partial charge in [-0.05, 0) is 67.0 Å². The predicted molar refractivity (Wildman–Crippen MR) is 148 cm³/mol. The minimum Gasteiger partial charge on any atom is -0.466 e. The molecular formula is C28H25ClF5N7O4.